The number of nitrogens with two attached hydrogens (primary N) is 1. The number of aromatic nitrogens is 1. The standard InChI is InChI=1S/C11H19N3O2/c1-3-15-11(16-4-2)10(14-12)9-6-5-7-13-8-9/h5-8,10-11,14H,3-4,12H2,1-2H3. The van der Waals surface area contributed by atoms with Gasteiger partial charge in [0.05, 0.1) is 6.04 Å². The largest absolute Gasteiger partial charge is 0.351 e. The molecule has 1 heterocycles. The van der Waals surface area contributed by atoms with Crippen molar-refractivity contribution in [1.29, 1.82) is 0 Å². The first-order chi connectivity index (χ1) is 7.83. The maximum atomic E-state index is 5.53. The second-order valence-corrected chi connectivity index (χ2v) is 3.21. The maximum absolute atomic E-state index is 5.53. The van der Waals surface area contributed by atoms with Crippen molar-refractivity contribution >= 4 is 0 Å². The van der Waals surface area contributed by atoms with Gasteiger partial charge in [-0.2, -0.15) is 0 Å². The van der Waals surface area contributed by atoms with E-state index in [-0.39, 0.29) is 6.04 Å². The highest BCUT2D eigenvalue weighted by atomic mass is 16.7. The van der Waals surface area contributed by atoms with Crippen LogP contribution >= 0.6 is 0 Å². The normalized spacial score (nSPS) is 13.0. The number of hydrogen-bond acceptors (Lipinski definition) is 5. The van der Waals surface area contributed by atoms with Crippen LogP contribution in [0.25, 0.3) is 0 Å². The third-order valence-electron chi connectivity index (χ3n) is 2.16. The zero-order valence-corrected chi connectivity index (χ0v) is 9.72. The molecular weight excluding hydrogens is 206 g/mol. The van der Waals surface area contributed by atoms with Crippen molar-refractivity contribution in [3.8, 4) is 0 Å². The first-order valence-corrected chi connectivity index (χ1v) is 5.42. The summed E-state index contributed by atoms with van der Waals surface area (Å²) in [5, 5.41) is 0. The van der Waals surface area contributed by atoms with Gasteiger partial charge in [-0.3, -0.25) is 10.8 Å². The van der Waals surface area contributed by atoms with Crippen molar-refractivity contribution in [3.63, 3.8) is 0 Å². The molecule has 0 bridgehead atoms. The fourth-order valence-electron chi connectivity index (χ4n) is 1.46. The monoisotopic (exact) mass is 225 g/mol. The van der Waals surface area contributed by atoms with Crippen LogP contribution in [0.1, 0.15) is 25.5 Å². The van der Waals surface area contributed by atoms with E-state index < -0.39 is 6.29 Å². The lowest BCUT2D eigenvalue weighted by molar-refractivity contribution is -0.155. The summed E-state index contributed by atoms with van der Waals surface area (Å²) >= 11 is 0. The van der Waals surface area contributed by atoms with Gasteiger partial charge in [-0.1, -0.05) is 6.07 Å². The summed E-state index contributed by atoms with van der Waals surface area (Å²) in [6.45, 7) is 4.98. The van der Waals surface area contributed by atoms with E-state index in [0.29, 0.717) is 13.2 Å². The van der Waals surface area contributed by atoms with E-state index in [1.807, 2.05) is 26.0 Å². The van der Waals surface area contributed by atoms with Crippen LogP contribution < -0.4 is 11.3 Å². The Bertz CT molecular complexity index is 276. The molecule has 0 fully saturated rings. The molecule has 16 heavy (non-hydrogen) atoms. The quantitative estimate of drug-likeness (QED) is 0.411. The molecule has 0 aromatic carbocycles. The highest BCUT2D eigenvalue weighted by Crippen LogP contribution is 2.18. The molecule has 1 unspecified atom stereocenters. The molecular formula is C11H19N3O2. The lowest BCUT2D eigenvalue weighted by atomic mass is 10.1. The number of nitrogens with one attached hydrogen (secondary N) is 1. The van der Waals surface area contributed by atoms with Crippen molar-refractivity contribution in [2.75, 3.05) is 13.2 Å². The van der Waals surface area contributed by atoms with Crippen LogP contribution in [0.15, 0.2) is 24.5 Å². The van der Waals surface area contributed by atoms with Crippen LogP contribution in [-0.2, 0) is 9.47 Å². The molecule has 0 saturated carbocycles. The predicted molar refractivity (Wildman–Crippen MR) is 61.3 cm³/mol. The van der Waals surface area contributed by atoms with Gasteiger partial charge in [0.15, 0.2) is 6.29 Å². The lowest BCUT2D eigenvalue weighted by Gasteiger charge is -2.26. The summed E-state index contributed by atoms with van der Waals surface area (Å²) in [6, 6.07) is 3.57. The molecule has 0 spiro atoms. The number of pyridine rings is 1. The molecule has 1 aromatic heterocycles. The van der Waals surface area contributed by atoms with Crippen LogP contribution in [0.4, 0.5) is 0 Å². The molecule has 90 valence electrons. The van der Waals surface area contributed by atoms with Crippen LogP contribution in [0.5, 0.6) is 0 Å². The van der Waals surface area contributed by atoms with Gasteiger partial charge in [-0.25, -0.2) is 5.43 Å². The zero-order chi connectivity index (χ0) is 11.8. The second-order valence-electron chi connectivity index (χ2n) is 3.21. The van der Waals surface area contributed by atoms with E-state index >= 15 is 0 Å². The molecule has 5 heteroatoms. The Hall–Kier alpha value is -1.01. The SMILES string of the molecule is CCOC(OCC)C(NN)c1cccnc1. The van der Waals surface area contributed by atoms with Gasteiger partial charge >= 0.3 is 0 Å². The molecule has 1 rings (SSSR count). The van der Waals surface area contributed by atoms with Gasteiger partial charge in [0.1, 0.15) is 0 Å². The number of nitrogens with zero attached hydrogens (tertiary/aromatic N) is 1. The third kappa shape index (κ3) is 3.53. The molecule has 1 aromatic rings. The molecule has 0 aliphatic rings. The zero-order valence-electron chi connectivity index (χ0n) is 9.72. The molecule has 0 saturated heterocycles. The Labute approximate surface area is 95.9 Å². The van der Waals surface area contributed by atoms with Crippen molar-refractivity contribution in [1.82, 2.24) is 10.4 Å². The Kier molecular flexibility index (Phi) is 5.95. The van der Waals surface area contributed by atoms with E-state index in [2.05, 4.69) is 10.4 Å². The smallest absolute Gasteiger partial charge is 0.178 e. The minimum atomic E-state index is -0.399. The summed E-state index contributed by atoms with van der Waals surface area (Å²) in [4.78, 5) is 4.05. The van der Waals surface area contributed by atoms with E-state index in [1.54, 1.807) is 12.4 Å². The first kappa shape index (κ1) is 13.1. The Morgan fingerprint density at radius 2 is 2.06 bits per heavy atom. The fraction of sp³-hybridized carbons (Fsp3) is 0.545. The van der Waals surface area contributed by atoms with Gasteiger partial charge in [0.2, 0.25) is 0 Å². The molecule has 0 radical (unpaired) electrons. The minimum Gasteiger partial charge on any atom is -0.351 e. The Morgan fingerprint density at radius 1 is 1.38 bits per heavy atom. The molecule has 3 N–H and O–H groups in total. The number of rotatable bonds is 7. The van der Waals surface area contributed by atoms with E-state index in [4.69, 9.17) is 15.3 Å². The van der Waals surface area contributed by atoms with Gasteiger partial charge in [-0.15, -0.1) is 0 Å². The van der Waals surface area contributed by atoms with Crippen LogP contribution in [0.2, 0.25) is 0 Å². The van der Waals surface area contributed by atoms with Crippen molar-refractivity contribution in [2.24, 2.45) is 5.84 Å². The average molecular weight is 225 g/mol. The summed E-state index contributed by atoms with van der Waals surface area (Å²) in [5.41, 5.74) is 3.64. The van der Waals surface area contributed by atoms with Crippen molar-refractivity contribution in [3.05, 3.63) is 30.1 Å². The topological polar surface area (TPSA) is 69.4 Å². The summed E-state index contributed by atoms with van der Waals surface area (Å²) in [6.07, 6.45) is 3.06. The third-order valence-corrected chi connectivity index (χ3v) is 2.16. The number of hydrazine groups is 1. The van der Waals surface area contributed by atoms with Crippen LogP contribution in [-0.4, -0.2) is 24.5 Å². The summed E-state index contributed by atoms with van der Waals surface area (Å²) in [7, 11) is 0. The number of ether oxygens (including phenoxy) is 2. The van der Waals surface area contributed by atoms with E-state index in [1.165, 1.54) is 0 Å². The Balaban J connectivity index is 2.77. The molecule has 0 amide bonds. The first-order valence-electron chi connectivity index (χ1n) is 5.42. The van der Waals surface area contributed by atoms with Crippen molar-refractivity contribution in [2.45, 2.75) is 26.2 Å². The minimum absolute atomic E-state index is 0.214. The van der Waals surface area contributed by atoms with Gasteiger partial charge < -0.3 is 9.47 Å². The van der Waals surface area contributed by atoms with E-state index in [0.717, 1.165) is 5.56 Å². The van der Waals surface area contributed by atoms with Crippen molar-refractivity contribution < 1.29 is 9.47 Å². The average Bonchev–Trinajstić information content (AvgIpc) is 2.32. The summed E-state index contributed by atoms with van der Waals surface area (Å²) in [5.74, 6) is 5.53. The van der Waals surface area contributed by atoms with Crippen LogP contribution in [0, 0.1) is 0 Å². The highest BCUT2D eigenvalue weighted by Gasteiger charge is 2.22. The van der Waals surface area contributed by atoms with Gasteiger partial charge in [-0.05, 0) is 25.5 Å². The summed E-state index contributed by atoms with van der Waals surface area (Å²) < 4.78 is 11.0. The molecule has 1 atom stereocenters. The van der Waals surface area contributed by atoms with E-state index in [9.17, 15) is 0 Å². The molecule has 5 nitrogen and oxygen atoms in total. The molecule has 0 aliphatic heterocycles. The highest BCUT2D eigenvalue weighted by molar-refractivity contribution is 5.14. The van der Waals surface area contributed by atoms with Gasteiger partial charge in [0.25, 0.3) is 0 Å². The van der Waals surface area contributed by atoms with Gasteiger partial charge in [0, 0.05) is 25.6 Å². The second kappa shape index (κ2) is 7.29. The fourth-order valence-corrected chi connectivity index (χ4v) is 1.46. The number of hydrogen-bond donors (Lipinski definition) is 2. The Morgan fingerprint density at radius 3 is 2.50 bits per heavy atom. The van der Waals surface area contributed by atoms with Crippen LogP contribution in [0.3, 0.4) is 0 Å². The lowest BCUT2D eigenvalue weighted by Crippen LogP contribution is -2.39. The predicted octanol–water partition coefficient (Wildman–Crippen LogP) is 0.985. The maximum Gasteiger partial charge on any atom is 0.178 e. The molecule has 0 aliphatic carbocycles.